The molecule has 0 radical (unpaired) electrons. The van der Waals surface area contributed by atoms with E-state index < -0.39 is 10.0 Å². The summed E-state index contributed by atoms with van der Waals surface area (Å²) in [6.45, 7) is 2.13. The molecule has 1 aliphatic heterocycles. The average Bonchev–Trinajstić information content (AvgIpc) is 2.96. The lowest BCUT2D eigenvalue weighted by Gasteiger charge is -2.17. The van der Waals surface area contributed by atoms with Gasteiger partial charge in [-0.05, 0) is 31.2 Å². The highest BCUT2D eigenvalue weighted by molar-refractivity contribution is 7.90. The zero-order valence-corrected chi connectivity index (χ0v) is 13.9. The van der Waals surface area contributed by atoms with Crippen molar-refractivity contribution in [2.75, 3.05) is 5.32 Å². The monoisotopic (exact) mass is 347 g/mol. The third kappa shape index (κ3) is 3.65. The molecule has 0 saturated carbocycles. The fourth-order valence-corrected chi connectivity index (χ4v) is 3.53. The van der Waals surface area contributed by atoms with Gasteiger partial charge in [0.05, 0.1) is 12.2 Å². The minimum atomic E-state index is -3.71. The summed E-state index contributed by atoms with van der Waals surface area (Å²) >= 11 is 0. The molecule has 0 spiro atoms. The van der Waals surface area contributed by atoms with Gasteiger partial charge in [-0.15, -0.1) is 4.40 Å². The van der Waals surface area contributed by atoms with Crippen LogP contribution in [0.4, 0.5) is 5.69 Å². The van der Waals surface area contributed by atoms with E-state index in [0.717, 1.165) is 5.76 Å². The van der Waals surface area contributed by atoms with Crippen molar-refractivity contribution in [3.05, 3.63) is 47.9 Å². The second-order valence-electron chi connectivity index (χ2n) is 5.42. The van der Waals surface area contributed by atoms with Gasteiger partial charge in [-0.25, -0.2) is 0 Å². The van der Waals surface area contributed by atoms with Crippen molar-refractivity contribution in [1.29, 1.82) is 0 Å². The van der Waals surface area contributed by atoms with Crippen LogP contribution in [0.5, 0.6) is 0 Å². The molecule has 8 heteroatoms. The van der Waals surface area contributed by atoms with Crippen molar-refractivity contribution >= 4 is 27.5 Å². The Morgan fingerprint density at radius 1 is 1.25 bits per heavy atom. The third-order valence-electron chi connectivity index (χ3n) is 3.52. The van der Waals surface area contributed by atoms with Gasteiger partial charge in [0.15, 0.2) is 0 Å². The van der Waals surface area contributed by atoms with E-state index >= 15 is 0 Å². The van der Waals surface area contributed by atoms with Gasteiger partial charge in [-0.1, -0.05) is 12.1 Å². The van der Waals surface area contributed by atoms with Crippen LogP contribution in [0, 0.1) is 6.92 Å². The maximum Gasteiger partial charge on any atom is 0.286 e. The molecule has 2 heterocycles. The van der Waals surface area contributed by atoms with Gasteiger partial charge in [0, 0.05) is 12.8 Å². The lowest BCUT2D eigenvalue weighted by Crippen LogP contribution is -2.26. The molecule has 0 aliphatic carbocycles. The predicted octanol–water partition coefficient (Wildman–Crippen LogP) is 2.20. The summed E-state index contributed by atoms with van der Waals surface area (Å²) < 4.78 is 33.3. The van der Waals surface area contributed by atoms with Crippen LogP contribution in [0.15, 0.2) is 50.1 Å². The van der Waals surface area contributed by atoms with Crippen LogP contribution in [-0.4, -0.2) is 20.2 Å². The molecule has 3 rings (SSSR count). The van der Waals surface area contributed by atoms with Crippen LogP contribution < -0.4 is 10.6 Å². The number of aryl methyl sites for hydroxylation is 1. The van der Waals surface area contributed by atoms with Gasteiger partial charge in [0.1, 0.15) is 22.3 Å². The minimum Gasteiger partial charge on any atom is -0.465 e. The van der Waals surface area contributed by atoms with Gasteiger partial charge < -0.3 is 15.1 Å². The first-order chi connectivity index (χ1) is 11.4. The summed E-state index contributed by atoms with van der Waals surface area (Å²) in [5.74, 6) is 1.51. The van der Waals surface area contributed by atoms with Crippen LogP contribution in [0.2, 0.25) is 0 Å². The Labute approximate surface area is 139 Å². The summed E-state index contributed by atoms with van der Waals surface area (Å²) in [6.07, 6.45) is 0.333. The molecule has 0 bridgehead atoms. The Morgan fingerprint density at radius 2 is 2.04 bits per heavy atom. The zero-order valence-electron chi connectivity index (χ0n) is 13.1. The molecular formula is C16H17N3O4S. The van der Waals surface area contributed by atoms with E-state index in [1.807, 2.05) is 13.0 Å². The molecule has 1 aromatic heterocycles. The van der Waals surface area contributed by atoms with Crippen LogP contribution in [0.1, 0.15) is 24.4 Å². The van der Waals surface area contributed by atoms with Gasteiger partial charge in [-0.3, -0.25) is 4.79 Å². The van der Waals surface area contributed by atoms with Crippen molar-refractivity contribution in [2.24, 2.45) is 4.40 Å². The molecular weight excluding hydrogens is 330 g/mol. The Morgan fingerprint density at radius 3 is 2.79 bits per heavy atom. The lowest BCUT2D eigenvalue weighted by molar-refractivity contribution is -0.121. The molecule has 2 aromatic rings. The molecule has 7 nitrogen and oxygen atoms in total. The fourth-order valence-electron chi connectivity index (χ4n) is 2.36. The number of furan rings is 1. The van der Waals surface area contributed by atoms with Crippen molar-refractivity contribution in [2.45, 2.75) is 31.2 Å². The molecule has 0 saturated heterocycles. The van der Waals surface area contributed by atoms with Gasteiger partial charge in [0.25, 0.3) is 10.0 Å². The molecule has 0 atom stereocenters. The molecule has 1 aromatic carbocycles. The number of amides is 1. The van der Waals surface area contributed by atoms with E-state index in [1.54, 1.807) is 24.3 Å². The van der Waals surface area contributed by atoms with Gasteiger partial charge in [-0.2, -0.15) is 8.42 Å². The number of fused-ring (bicyclic) bond motifs is 1. The van der Waals surface area contributed by atoms with Crippen molar-refractivity contribution in [3.63, 3.8) is 0 Å². The fraction of sp³-hybridized carbons (Fsp3) is 0.250. The molecule has 1 amide bonds. The number of nitrogens with one attached hydrogen (secondary N) is 2. The highest BCUT2D eigenvalue weighted by atomic mass is 32.2. The molecule has 1 aliphatic rings. The van der Waals surface area contributed by atoms with E-state index in [4.69, 9.17) is 4.42 Å². The highest BCUT2D eigenvalue weighted by Gasteiger charge is 2.24. The molecule has 0 fully saturated rings. The standard InChI is InChI=1S/C16H17N3O4S/c1-11-6-7-12(23-11)10-17-16(20)9-8-15-18-13-4-2-3-5-14(13)24(21,22)19-15/h2-7H,8-10H2,1H3,(H,17,20)(H,18,19). The third-order valence-corrected chi connectivity index (χ3v) is 4.89. The number of rotatable bonds is 5. The van der Waals surface area contributed by atoms with Gasteiger partial charge >= 0.3 is 0 Å². The van der Waals surface area contributed by atoms with Gasteiger partial charge in [0.2, 0.25) is 5.91 Å². The topological polar surface area (TPSA) is 101 Å². The summed E-state index contributed by atoms with van der Waals surface area (Å²) in [7, 11) is -3.71. The van der Waals surface area contributed by atoms with Crippen molar-refractivity contribution in [3.8, 4) is 0 Å². The quantitative estimate of drug-likeness (QED) is 0.863. The number of hydrogen-bond donors (Lipinski definition) is 2. The van der Waals surface area contributed by atoms with Crippen molar-refractivity contribution < 1.29 is 17.6 Å². The largest absolute Gasteiger partial charge is 0.465 e. The highest BCUT2D eigenvalue weighted by Crippen LogP contribution is 2.27. The molecule has 2 N–H and O–H groups in total. The lowest BCUT2D eigenvalue weighted by atomic mass is 10.2. The summed E-state index contributed by atoms with van der Waals surface area (Å²) in [5.41, 5.74) is 0.481. The number of anilines is 1. The number of carbonyl (C=O) groups excluding carboxylic acids is 1. The number of carbonyl (C=O) groups is 1. The van der Waals surface area contributed by atoms with E-state index in [1.165, 1.54) is 6.07 Å². The minimum absolute atomic E-state index is 0.128. The number of para-hydroxylation sites is 1. The first-order valence-corrected chi connectivity index (χ1v) is 8.90. The second kappa shape index (κ2) is 6.48. The number of hydrogen-bond acceptors (Lipinski definition) is 5. The number of nitrogens with zero attached hydrogens (tertiary/aromatic N) is 1. The number of amidine groups is 1. The maximum absolute atomic E-state index is 12.1. The van der Waals surface area contributed by atoms with E-state index in [9.17, 15) is 13.2 Å². The van der Waals surface area contributed by atoms with Crippen LogP contribution in [-0.2, 0) is 21.4 Å². The van der Waals surface area contributed by atoms with Crippen LogP contribution >= 0.6 is 0 Å². The SMILES string of the molecule is Cc1ccc(CNC(=O)CCC2=NS(=O)(=O)c3ccccc3N2)o1. The molecule has 24 heavy (non-hydrogen) atoms. The van der Waals surface area contributed by atoms with Crippen LogP contribution in [0.3, 0.4) is 0 Å². The van der Waals surface area contributed by atoms with E-state index in [-0.39, 0.29) is 29.5 Å². The summed E-state index contributed by atoms with van der Waals surface area (Å²) in [6, 6.07) is 10.2. The van der Waals surface area contributed by atoms with E-state index in [0.29, 0.717) is 18.0 Å². The van der Waals surface area contributed by atoms with Crippen LogP contribution in [0.25, 0.3) is 0 Å². The van der Waals surface area contributed by atoms with Crippen molar-refractivity contribution in [1.82, 2.24) is 5.32 Å². The maximum atomic E-state index is 12.1. The predicted molar refractivity (Wildman–Crippen MR) is 89.2 cm³/mol. The first-order valence-electron chi connectivity index (χ1n) is 7.46. The zero-order chi connectivity index (χ0) is 17.2. The first kappa shape index (κ1) is 16.3. The number of sulfonamides is 1. The summed E-state index contributed by atoms with van der Waals surface area (Å²) in [5, 5.41) is 5.68. The normalized spacial score (nSPS) is 15.1. The number of benzene rings is 1. The Kier molecular flexibility index (Phi) is 4.39. The Bertz CT molecular complexity index is 900. The molecule has 126 valence electrons. The smallest absolute Gasteiger partial charge is 0.286 e. The average molecular weight is 347 g/mol. The Hall–Kier alpha value is -2.61. The molecule has 0 unspecified atom stereocenters. The second-order valence-corrected chi connectivity index (χ2v) is 7.00. The van der Waals surface area contributed by atoms with E-state index in [2.05, 4.69) is 15.0 Å². The Balaban J connectivity index is 1.57. The summed E-state index contributed by atoms with van der Waals surface area (Å²) in [4.78, 5) is 12.0.